The molecule has 5 heteroatoms. The van der Waals surface area contributed by atoms with E-state index in [1.165, 1.54) is 17.5 Å². The molecule has 3 aromatic rings. The summed E-state index contributed by atoms with van der Waals surface area (Å²) in [6.45, 7) is 0. The van der Waals surface area contributed by atoms with E-state index in [1.54, 1.807) is 12.1 Å². The van der Waals surface area contributed by atoms with E-state index in [9.17, 15) is 9.59 Å². The van der Waals surface area contributed by atoms with Gasteiger partial charge in [0.1, 0.15) is 0 Å². The summed E-state index contributed by atoms with van der Waals surface area (Å²) in [4.78, 5) is 26.0. The van der Waals surface area contributed by atoms with Crippen LogP contribution in [0.15, 0.2) is 59.4 Å². The Labute approximate surface area is 158 Å². The van der Waals surface area contributed by atoms with Gasteiger partial charge in [0.2, 0.25) is 0 Å². The Morgan fingerprint density at radius 3 is 2.22 bits per heavy atom. The number of para-hydroxylation sites is 1. The van der Waals surface area contributed by atoms with Gasteiger partial charge in [-0.3, -0.25) is 9.59 Å². The second kappa shape index (κ2) is 7.74. The number of nitrogens with one attached hydrogen (secondary N) is 1. The molecule has 1 aromatic heterocycles. The van der Waals surface area contributed by atoms with Gasteiger partial charge in [-0.2, -0.15) is 9.78 Å². The largest absolute Gasteiger partial charge is 0.348 e. The van der Waals surface area contributed by atoms with E-state index in [4.69, 9.17) is 0 Å². The van der Waals surface area contributed by atoms with Crippen molar-refractivity contribution in [2.45, 2.75) is 44.6 Å². The van der Waals surface area contributed by atoms with Crippen molar-refractivity contribution in [3.63, 3.8) is 0 Å². The summed E-state index contributed by atoms with van der Waals surface area (Å²) in [7, 11) is 0. The third kappa shape index (κ3) is 3.63. The van der Waals surface area contributed by atoms with Crippen molar-refractivity contribution >= 4 is 16.7 Å². The van der Waals surface area contributed by atoms with Crippen LogP contribution in [0.1, 0.15) is 49.0 Å². The highest BCUT2D eigenvalue weighted by Crippen LogP contribution is 2.19. The molecule has 1 fully saturated rings. The quantitative estimate of drug-likeness (QED) is 0.721. The highest BCUT2D eigenvalue weighted by Gasteiger charge is 2.21. The first-order valence-electron chi connectivity index (χ1n) is 9.62. The van der Waals surface area contributed by atoms with Crippen LogP contribution in [0.25, 0.3) is 16.5 Å². The smallest absolute Gasteiger partial charge is 0.279 e. The number of hydrogen-bond acceptors (Lipinski definition) is 3. The van der Waals surface area contributed by atoms with Crippen LogP contribution in [0.2, 0.25) is 0 Å². The zero-order valence-corrected chi connectivity index (χ0v) is 15.2. The normalized spacial score (nSPS) is 15.4. The van der Waals surface area contributed by atoms with Crippen LogP contribution in [0.3, 0.4) is 0 Å². The van der Waals surface area contributed by atoms with Crippen molar-refractivity contribution in [3.05, 3.63) is 70.6 Å². The number of carbonyl (C=O) groups excluding carboxylic acids is 1. The number of amides is 1. The van der Waals surface area contributed by atoms with Crippen LogP contribution in [0.5, 0.6) is 0 Å². The van der Waals surface area contributed by atoms with Crippen molar-refractivity contribution in [1.29, 1.82) is 0 Å². The minimum Gasteiger partial charge on any atom is -0.348 e. The molecular formula is C22H23N3O2. The predicted octanol–water partition coefficient (Wildman–Crippen LogP) is 3.84. The molecule has 0 bridgehead atoms. The Morgan fingerprint density at radius 1 is 0.889 bits per heavy atom. The first-order chi connectivity index (χ1) is 13.2. The molecule has 4 rings (SSSR count). The summed E-state index contributed by atoms with van der Waals surface area (Å²) in [6.07, 6.45) is 6.74. The molecule has 1 N–H and O–H groups in total. The van der Waals surface area contributed by atoms with Crippen LogP contribution < -0.4 is 10.9 Å². The summed E-state index contributed by atoms with van der Waals surface area (Å²) >= 11 is 0. The Kier molecular flexibility index (Phi) is 5.01. The Balaban J connectivity index is 1.78. The Bertz CT molecular complexity index is 1000. The van der Waals surface area contributed by atoms with Crippen LogP contribution in [0, 0.1) is 0 Å². The molecule has 1 heterocycles. The first kappa shape index (κ1) is 17.5. The fourth-order valence-electron chi connectivity index (χ4n) is 3.78. The lowest BCUT2D eigenvalue weighted by Gasteiger charge is -2.17. The number of rotatable bonds is 3. The number of benzene rings is 2. The van der Waals surface area contributed by atoms with E-state index in [-0.39, 0.29) is 17.5 Å². The van der Waals surface area contributed by atoms with Gasteiger partial charge >= 0.3 is 0 Å². The van der Waals surface area contributed by atoms with Crippen LogP contribution in [-0.4, -0.2) is 21.7 Å². The van der Waals surface area contributed by atoms with Gasteiger partial charge in [-0.15, -0.1) is 0 Å². The van der Waals surface area contributed by atoms with E-state index in [2.05, 4.69) is 10.4 Å². The maximum absolute atomic E-state index is 13.0. The molecular weight excluding hydrogens is 338 g/mol. The third-order valence-corrected chi connectivity index (χ3v) is 5.21. The van der Waals surface area contributed by atoms with Crippen LogP contribution in [0.4, 0.5) is 0 Å². The lowest BCUT2D eigenvalue weighted by molar-refractivity contribution is 0.0928. The lowest BCUT2D eigenvalue weighted by Crippen LogP contribution is -2.36. The number of carbonyl (C=O) groups is 1. The molecule has 0 aliphatic heterocycles. The summed E-state index contributed by atoms with van der Waals surface area (Å²) in [5.41, 5.74) is 0.734. The minimum atomic E-state index is -0.220. The van der Waals surface area contributed by atoms with Gasteiger partial charge in [0.05, 0.1) is 11.1 Å². The Morgan fingerprint density at radius 2 is 1.52 bits per heavy atom. The molecule has 0 atom stereocenters. The lowest BCUT2D eigenvalue weighted by atomic mass is 10.1. The first-order valence-corrected chi connectivity index (χ1v) is 9.62. The van der Waals surface area contributed by atoms with Crippen molar-refractivity contribution in [3.8, 4) is 5.69 Å². The Hall–Kier alpha value is -2.95. The third-order valence-electron chi connectivity index (χ3n) is 5.21. The zero-order valence-electron chi connectivity index (χ0n) is 15.2. The molecule has 0 radical (unpaired) electrons. The van der Waals surface area contributed by atoms with E-state index in [1.807, 2.05) is 42.5 Å². The number of hydrogen-bond donors (Lipinski definition) is 1. The summed E-state index contributed by atoms with van der Waals surface area (Å²) in [6, 6.07) is 16.6. The van der Waals surface area contributed by atoms with Gasteiger partial charge in [-0.25, -0.2) is 0 Å². The van der Waals surface area contributed by atoms with Crippen molar-refractivity contribution in [2.24, 2.45) is 0 Å². The van der Waals surface area contributed by atoms with Crippen molar-refractivity contribution < 1.29 is 4.79 Å². The molecule has 1 aliphatic carbocycles. The zero-order chi connectivity index (χ0) is 18.6. The van der Waals surface area contributed by atoms with Gasteiger partial charge < -0.3 is 5.32 Å². The van der Waals surface area contributed by atoms with Crippen LogP contribution in [-0.2, 0) is 0 Å². The number of fused-ring (bicyclic) bond motifs is 1. The fourth-order valence-corrected chi connectivity index (χ4v) is 3.78. The molecule has 27 heavy (non-hydrogen) atoms. The molecule has 0 unspecified atom stereocenters. The van der Waals surface area contributed by atoms with Gasteiger partial charge in [-0.1, -0.05) is 62.1 Å². The summed E-state index contributed by atoms with van der Waals surface area (Å²) in [5.74, 6) is -0.206. The molecule has 1 aliphatic rings. The SMILES string of the molecule is O=C(NC1CCCCCC1)c1nn(-c2ccccc2)c(=O)c2ccccc12. The summed E-state index contributed by atoms with van der Waals surface area (Å²) in [5, 5.41) is 8.70. The highest BCUT2D eigenvalue weighted by molar-refractivity contribution is 6.05. The van der Waals surface area contributed by atoms with E-state index in [0.717, 1.165) is 25.7 Å². The van der Waals surface area contributed by atoms with E-state index in [0.29, 0.717) is 22.2 Å². The topological polar surface area (TPSA) is 64.0 Å². The summed E-state index contributed by atoms with van der Waals surface area (Å²) < 4.78 is 1.32. The fraction of sp³-hybridized carbons (Fsp3) is 0.318. The van der Waals surface area contributed by atoms with E-state index < -0.39 is 0 Å². The maximum atomic E-state index is 13.0. The average Bonchev–Trinajstić information content (AvgIpc) is 2.98. The maximum Gasteiger partial charge on any atom is 0.279 e. The van der Waals surface area contributed by atoms with Gasteiger partial charge in [-0.05, 0) is 31.0 Å². The van der Waals surface area contributed by atoms with Crippen LogP contribution >= 0.6 is 0 Å². The molecule has 5 nitrogen and oxygen atoms in total. The molecule has 0 saturated heterocycles. The number of nitrogens with zero attached hydrogens (tertiary/aromatic N) is 2. The number of aromatic nitrogens is 2. The van der Waals surface area contributed by atoms with Gasteiger partial charge in [0.15, 0.2) is 5.69 Å². The second-order valence-electron chi connectivity index (χ2n) is 7.11. The second-order valence-corrected chi connectivity index (χ2v) is 7.11. The highest BCUT2D eigenvalue weighted by atomic mass is 16.2. The van der Waals surface area contributed by atoms with E-state index >= 15 is 0 Å². The predicted molar refractivity (Wildman–Crippen MR) is 106 cm³/mol. The molecule has 2 aromatic carbocycles. The molecule has 1 amide bonds. The van der Waals surface area contributed by atoms with Gasteiger partial charge in [0, 0.05) is 11.4 Å². The van der Waals surface area contributed by atoms with Crippen molar-refractivity contribution in [2.75, 3.05) is 0 Å². The standard InChI is InChI=1S/C22H23N3O2/c26-21(23-16-10-4-1-2-5-11-16)20-18-14-8-9-15-19(18)22(27)25(24-20)17-12-6-3-7-13-17/h3,6-9,12-16H,1-2,4-5,10-11H2,(H,23,26). The van der Waals surface area contributed by atoms with Gasteiger partial charge in [0.25, 0.3) is 11.5 Å². The average molecular weight is 361 g/mol. The monoisotopic (exact) mass is 361 g/mol. The molecule has 138 valence electrons. The minimum absolute atomic E-state index is 0.178. The van der Waals surface area contributed by atoms with Crippen molar-refractivity contribution in [1.82, 2.24) is 15.1 Å². The molecule has 1 saturated carbocycles. The molecule has 0 spiro atoms.